The van der Waals surface area contributed by atoms with E-state index in [2.05, 4.69) is 19.1 Å². The van der Waals surface area contributed by atoms with Crippen LogP contribution in [0.4, 0.5) is 5.69 Å². The van der Waals surface area contributed by atoms with Crippen LogP contribution >= 0.6 is 11.8 Å². The highest BCUT2D eigenvalue weighted by molar-refractivity contribution is 8.02. The van der Waals surface area contributed by atoms with Gasteiger partial charge in [0, 0.05) is 30.1 Å². The number of hydrogen-bond donors (Lipinski definition) is 1. The van der Waals surface area contributed by atoms with Gasteiger partial charge in [-0.2, -0.15) is 0 Å². The molecule has 7 nitrogen and oxygen atoms in total. The van der Waals surface area contributed by atoms with Gasteiger partial charge in [0.05, 0.1) is 29.2 Å². The first kappa shape index (κ1) is 29.7. The Morgan fingerprint density at radius 2 is 1.58 bits per heavy atom. The van der Waals surface area contributed by atoms with E-state index < -0.39 is 33.4 Å². The largest absolute Gasteiger partial charge is 0.394 e. The lowest BCUT2D eigenvalue weighted by molar-refractivity contribution is -0.145. The van der Waals surface area contributed by atoms with Gasteiger partial charge in [-0.3, -0.25) is 14.4 Å². The van der Waals surface area contributed by atoms with Gasteiger partial charge in [-0.05, 0) is 37.5 Å². The minimum absolute atomic E-state index is 0.0904. The summed E-state index contributed by atoms with van der Waals surface area (Å²) in [6.07, 6.45) is 11.6. The van der Waals surface area contributed by atoms with E-state index in [0.717, 1.165) is 30.5 Å². The van der Waals surface area contributed by atoms with Gasteiger partial charge in [0.25, 0.3) is 0 Å². The van der Waals surface area contributed by atoms with Crippen LogP contribution in [-0.2, 0) is 20.8 Å². The minimum atomic E-state index is -0.934. The topological polar surface area (TPSA) is 81.2 Å². The molecule has 0 radical (unpaired) electrons. The van der Waals surface area contributed by atoms with Crippen LogP contribution in [-0.4, -0.2) is 80.4 Å². The third-order valence-corrected chi connectivity index (χ3v) is 11.4. The molecule has 2 aromatic carbocycles. The maximum absolute atomic E-state index is 14.9. The molecule has 1 unspecified atom stereocenters. The fourth-order valence-corrected chi connectivity index (χ4v) is 9.78. The van der Waals surface area contributed by atoms with E-state index in [-0.39, 0.29) is 24.3 Å². The van der Waals surface area contributed by atoms with Crippen molar-refractivity contribution in [3.05, 3.63) is 90.5 Å². The minimum Gasteiger partial charge on any atom is -0.394 e. The number of rotatable bonds is 9. The maximum Gasteiger partial charge on any atom is 0.247 e. The van der Waals surface area contributed by atoms with E-state index in [0.29, 0.717) is 26.1 Å². The number of aliphatic hydroxyl groups excluding tert-OH is 1. The average Bonchev–Trinajstić information content (AvgIpc) is 3.29. The number of hydrogen-bond acceptors (Lipinski definition) is 5. The first-order valence-corrected chi connectivity index (χ1v) is 16.3. The molecule has 0 saturated carbocycles. The summed E-state index contributed by atoms with van der Waals surface area (Å²) in [6.45, 7) is 5.42. The zero-order valence-corrected chi connectivity index (χ0v) is 25.8. The smallest absolute Gasteiger partial charge is 0.247 e. The highest BCUT2D eigenvalue weighted by Gasteiger charge is 2.74. The van der Waals surface area contributed by atoms with Gasteiger partial charge in [0.15, 0.2) is 0 Å². The van der Waals surface area contributed by atoms with E-state index >= 15 is 0 Å². The van der Waals surface area contributed by atoms with Gasteiger partial charge in [-0.1, -0.05) is 92.6 Å². The Kier molecular flexibility index (Phi) is 8.26. The molecule has 6 rings (SSSR count). The van der Waals surface area contributed by atoms with Gasteiger partial charge in [0.2, 0.25) is 17.7 Å². The molecule has 1 spiro atoms. The number of para-hydroxylation sites is 1. The molecule has 43 heavy (non-hydrogen) atoms. The molecule has 4 aliphatic rings. The zero-order valence-electron chi connectivity index (χ0n) is 25.0. The second kappa shape index (κ2) is 12.0. The van der Waals surface area contributed by atoms with Crippen molar-refractivity contribution in [3.63, 3.8) is 0 Å². The number of fused-ring (bicyclic) bond motifs is 2. The summed E-state index contributed by atoms with van der Waals surface area (Å²) < 4.78 is -1.61. The molecule has 4 aliphatic heterocycles. The molecule has 0 bridgehead atoms. The Balaban J connectivity index is 1.45. The number of aliphatic hydroxyl groups is 1. The molecule has 8 heteroatoms. The van der Waals surface area contributed by atoms with Crippen molar-refractivity contribution in [2.75, 3.05) is 31.1 Å². The number of carbonyl (C=O) groups excluding carboxylic acids is 3. The Hall–Kier alpha value is -3.36. The van der Waals surface area contributed by atoms with Crippen molar-refractivity contribution >= 4 is 35.2 Å². The molecule has 0 aromatic heterocycles. The monoisotopic (exact) mass is 599 g/mol. The Morgan fingerprint density at radius 3 is 2.28 bits per heavy atom. The molecule has 4 heterocycles. The summed E-state index contributed by atoms with van der Waals surface area (Å²) in [5.41, 5.74) is 1.77. The average molecular weight is 600 g/mol. The van der Waals surface area contributed by atoms with E-state index in [1.165, 1.54) is 0 Å². The molecule has 0 aliphatic carbocycles. The van der Waals surface area contributed by atoms with Crippen molar-refractivity contribution in [1.29, 1.82) is 0 Å². The molecular weight excluding hydrogens is 558 g/mol. The van der Waals surface area contributed by atoms with Crippen molar-refractivity contribution in [1.82, 2.24) is 9.80 Å². The van der Waals surface area contributed by atoms with Crippen LogP contribution in [0.15, 0.2) is 85.0 Å². The van der Waals surface area contributed by atoms with Crippen molar-refractivity contribution in [2.24, 2.45) is 11.8 Å². The third kappa shape index (κ3) is 5.02. The molecule has 6 atom stereocenters. The van der Waals surface area contributed by atoms with Crippen LogP contribution in [0, 0.1) is 11.8 Å². The molecule has 2 aromatic rings. The maximum atomic E-state index is 14.9. The number of unbranched alkanes of at least 4 members (excludes halogenated alkanes) is 2. The Morgan fingerprint density at radius 1 is 0.884 bits per heavy atom. The summed E-state index contributed by atoms with van der Waals surface area (Å²) in [6, 6.07) is 18.0. The summed E-state index contributed by atoms with van der Waals surface area (Å²) >= 11 is 1.59. The summed E-state index contributed by atoms with van der Waals surface area (Å²) in [4.78, 5) is 49.4. The standard InChI is InChI=1S/C35H41N3O4S/c1-3-4-11-20-36-21-13-19-35-29(28-31(40)37(26-16-9-6-10-17-26)22-12-18-34(28,2)43-35)32(41)38(30(35)33(36)42)27(24-39)23-25-14-7-5-8-15-25/h5-10,12-19,27-30,39H,3-4,11,20-24H2,1-2H3/t27-,28-,29+,30?,34+,35+/m1/s1. The summed E-state index contributed by atoms with van der Waals surface area (Å²) in [5, 5.41) is 10.8. The lowest BCUT2D eigenvalue weighted by atomic mass is 9.74. The third-order valence-electron chi connectivity index (χ3n) is 9.60. The van der Waals surface area contributed by atoms with Crippen LogP contribution in [0.2, 0.25) is 0 Å². The highest BCUT2D eigenvalue weighted by atomic mass is 32.2. The summed E-state index contributed by atoms with van der Waals surface area (Å²) in [5.74, 6) is -1.82. The highest BCUT2D eigenvalue weighted by Crippen LogP contribution is 2.66. The normalized spacial score (nSPS) is 30.6. The number of amides is 3. The van der Waals surface area contributed by atoms with E-state index in [9.17, 15) is 19.5 Å². The number of thioether (sulfide) groups is 1. The van der Waals surface area contributed by atoms with Crippen LogP contribution < -0.4 is 4.90 Å². The quantitative estimate of drug-likeness (QED) is 0.340. The Labute approximate surface area is 258 Å². The van der Waals surface area contributed by atoms with Gasteiger partial charge < -0.3 is 19.8 Å². The molecule has 2 saturated heterocycles. The fourth-order valence-electron chi connectivity index (χ4n) is 7.63. The molecule has 1 N–H and O–H groups in total. The molecule has 2 fully saturated rings. The number of anilines is 1. The number of likely N-dealkylation sites (tertiary alicyclic amines) is 1. The lowest BCUT2D eigenvalue weighted by Gasteiger charge is -2.40. The number of nitrogens with zero attached hydrogens (tertiary/aromatic N) is 3. The van der Waals surface area contributed by atoms with Crippen molar-refractivity contribution < 1.29 is 19.5 Å². The van der Waals surface area contributed by atoms with Crippen LogP contribution in [0.25, 0.3) is 0 Å². The molecule has 226 valence electrons. The number of benzene rings is 2. The second-order valence-corrected chi connectivity index (χ2v) is 14.1. The lowest BCUT2D eigenvalue weighted by Crippen LogP contribution is -2.57. The van der Waals surface area contributed by atoms with Gasteiger partial charge in [-0.25, -0.2) is 0 Å². The van der Waals surface area contributed by atoms with E-state index in [1.54, 1.807) is 21.6 Å². The fraction of sp³-hybridized carbons (Fsp3) is 0.457. The summed E-state index contributed by atoms with van der Waals surface area (Å²) in [7, 11) is 0. The predicted octanol–water partition coefficient (Wildman–Crippen LogP) is 4.47. The van der Waals surface area contributed by atoms with E-state index in [1.807, 2.05) is 84.6 Å². The molecular formula is C35H41N3O4S. The van der Waals surface area contributed by atoms with Gasteiger partial charge in [0.1, 0.15) is 6.04 Å². The van der Waals surface area contributed by atoms with E-state index in [4.69, 9.17) is 0 Å². The van der Waals surface area contributed by atoms with Crippen molar-refractivity contribution in [2.45, 2.75) is 61.1 Å². The van der Waals surface area contributed by atoms with Gasteiger partial charge in [-0.15, -0.1) is 11.8 Å². The van der Waals surface area contributed by atoms with Crippen LogP contribution in [0.1, 0.15) is 38.7 Å². The van der Waals surface area contributed by atoms with Crippen molar-refractivity contribution in [3.8, 4) is 0 Å². The SMILES string of the molecule is CCCCCN1CC=C[C@]23S[C@@]4(C)C=CCN(c5ccccc5)C(=O)[C@H]4[C@H]2C(=O)N([C@@H](CO)Cc2ccccc2)C3C1=O. The predicted molar refractivity (Wildman–Crippen MR) is 171 cm³/mol. The number of carbonyl (C=O) groups is 3. The first-order valence-electron chi connectivity index (χ1n) is 15.5. The molecule has 3 amide bonds. The zero-order chi connectivity index (χ0) is 30.2. The first-order chi connectivity index (χ1) is 20.8. The Bertz CT molecular complexity index is 1410. The van der Waals surface area contributed by atoms with Crippen LogP contribution in [0.3, 0.4) is 0 Å². The van der Waals surface area contributed by atoms with Crippen LogP contribution in [0.5, 0.6) is 0 Å². The van der Waals surface area contributed by atoms with Gasteiger partial charge >= 0.3 is 0 Å². The second-order valence-electron chi connectivity index (χ2n) is 12.3.